The van der Waals surface area contributed by atoms with E-state index in [4.69, 9.17) is 4.74 Å². The highest BCUT2D eigenvalue weighted by Gasteiger charge is 2.65. The van der Waals surface area contributed by atoms with E-state index in [9.17, 15) is 10.2 Å². The molecule has 5 rings (SSSR count). The van der Waals surface area contributed by atoms with Gasteiger partial charge in [0.05, 0.1) is 23.4 Å². The number of allylic oxidation sites excluding steroid dienone is 1. The van der Waals surface area contributed by atoms with Gasteiger partial charge in [-0.2, -0.15) is 0 Å². The fraction of sp³-hybridized carbons (Fsp3) is 0.926. The predicted molar refractivity (Wildman–Crippen MR) is 120 cm³/mol. The smallest absolute Gasteiger partial charge is 0.0930 e. The minimum Gasteiger partial charge on any atom is -0.393 e. The summed E-state index contributed by atoms with van der Waals surface area (Å²) in [5.74, 6) is 2.19. The molecule has 1 heterocycles. The molecule has 8 atom stereocenters. The molecule has 5 aliphatic rings. The second-order valence-corrected chi connectivity index (χ2v) is 13.1. The number of rotatable bonds is 3. The Hall–Kier alpha value is -0.380. The van der Waals surface area contributed by atoms with Crippen molar-refractivity contribution in [2.45, 2.75) is 128 Å². The summed E-state index contributed by atoms with van der Waals surface area (Å²) in [6, 6.07) is 0. The van der Waals surface area contributed by atoms with Gasteiger partial charge in [-0.3, -0.25) is 0 Å². The third kappa shape index (κ3) is 3.61. The van der Waals surface area contributed by atoms with Gasteiger partial charge in [-0.05, 0) is 107 Å². The second-order valence-electron chi connectivity index (χ2n) is 13.1. The summed E-state index contributed by atoms with van der Waals surface area (Å²) in [5, 5.41) is 21.0. The molecule has 3 nitrogen and oxygen atoms in total. The zero-order valence-corrected chi connectivity index (χ0v) is 19.6. The summed E-state index contributed by atoms with van der Waals surface area (Å²) in [7, 11) is 0. The Kier molecular flexibility index (Phi) is 5.05. The minimum absolute atomic E-state index is 0.0847. The van der Waals surface area contributed by atoms with Crippen LogP contribution in [0.3, 0.4) is 0 Å². The number of aliphatic hydroxyl groups excluding tert-OH is 1. The number of aliphatic hydroxyl groups is 2. The number of hydrogen-bond acceptors (Lipinski definition) is 3. The molecule has 30 heavy (non-hydrogen) atoms. The van der Waals surface area contributed by atoms with Gasteiger partial charge < -0.3 is 14.9 Å². The quantitative estimate of drug-likeness (QED) is 0.453. The zero-order chi connectivity index (χ0) is 21.4. The molecule has 0 aromatic heterocycles. The normalized spacial score (nSPS) is 52.6. The monoisotopic (exact) mass is 416 g/mol. The van der Waals surface area contributed by atoms with Crippen LogP contribution >= 0.6 is 0 Å². The molecule has 4 saturated carbocycles. The Bertz CT molecular complexity index is 700. The maximum Gasteiger partial charge on any atom is 0.0930 e. The molecule has 170 valence electrons. The molecule has 4 aliphatic carbocycles. The lowest BCUT2D eigenvalue weighted by Crippen LogP contribution is -2.45. The highest BCUT2D eigenvalue weighted by molar-refractivity contribution is 5.22. The standard InChI is InChI=1S/C27H44O3/c1-18-14-26(23-25(4,30-23)11-9-22-21(18)17-24(22,2)3)12-7-19(15-26)8-13-27(29)10-5-6-20(28)16-27/h19-23,28-29H,1,5-17H2,2-4H3/t19-,20+,21+,22+,23+,25+,26+,27-/m0/s1. The zero-order valence-electron chi connectivity index (χ0n) is 19.6. The third-order valence-corrected chi connectivity index (χ3v) is 10.3. The van der Waals surface area contributed by atoms with Crippen molar-refractivity contribution in [3.05, 3.63) is 12.2 Å². The van der Waals surface area contributed by atoms with Crippen LogP contribution in [0.15, 0.2) is 12.2 Å². The lowest BCUT2D eigenvalue weighted by molar-refractivity contribution is -0.0539. The van der Waals surface area contributed by atoms with E-state index < -0.39 is 5.60 Å². The van der Waals surface area contributed by atoms with Gasteiger partial charge in [0.15, 0.2) is 0 Å². The highest BCUT2D eigenvalue weighted by atomic mass is 16.6. The Balaban J connectivity index is 1.27. The van der Waals surface area contributed by atoms with Crippen molar-refractivity contribution in [3.8, 4) is 0 Å². The summed E-state index contributed by atoms with van der Waals surface area (Å²) in [5.41, 5.74) is 1.70. The van der Waals surface area contributed by atoms with Crippen molar-refractivity contribution in [2.24, 2.45) is 28.6 Å². The fourth-order valence-corrected chi connectivity index (χ4v) is 8.51. The molecule has 0 amide bonds. The lowest BCUT2D eigenvalue weighted by Gasteiger charge is -2.53. The number of fused-ring (bicyclic) bond motifs is 3. The molecule has 3 heteroatoms. The first-order valence-electron chi connectivity index (χ1n) is 12.8. The topological polar surface area (TPSA) is 53.0 Å². The molecule has 1 aliphatic heterocycles. The van der Waals surface area contributed by atoms with Crippen LogP contribution in [0.5, 0.6) is 0 Å². The Morgan fingerprint density at radius 1 is 1.03 bits per heavy atom. The van der Waals surface area contributed by atoms with E-state index >= 15 is 0 Å². The molecule has 1 saturated heterocycles. The van der Waals surface area contributed by atoms with E-state index in [-0.39, 0.29) is 17.1 Å². The molecule has 5 fully saturated rings. The average Bonchev–Trinajstić information content (AvgIpc) is 3.16. The van der Waals surface area contributed by atoms with Gasteiger partial charge in [-0.1, -0.05) is 26.0 Å². The highest BCUT2D eigenvalue weighted by Crippen LogP contribution is 2.66. The van der Waals surface area contributed by atoms with Crippen molar-refractivity contribution in [3.63, 3.8) is 0 Å². The first-order chi connectivity index (χ1) is 14.0. The van der Waals surface area contributed by atoms with Gasteiger partial charge in [-0.15, -0.1) is 0 Å². The van der Waals surface area contributed by atoms with E-state index in [0.717, 1.165) is 50.4 Å². The number of hydrogen-bond donors (Lipinski definition) is 2. The lowest BCUT2D eigenvalue weighted by atomic mass is 9.52. The van der Waals surface area contributed by atoms with Crippen molar-refractivity contribution in [1.82, 2.24) is 0 Å². The third-order valence-electron chi connectivity index (χ3n) is 10.3. The SMILES string of the molecule is C=C1C[C@@]2(CC[C@@H](CC[C@@]3(O)CCC[C@@H](O)C3)C2)[C@@H]2O[C@]2(C)CC[C@@H]2[C@@H]1CC2(C)C. The molecule has 0 radical (unpaired) electrons. The second kappa shape index (κ2) is 7.06. The van der Waals surface area contributed by atoms with Gasteiger partial charge in [0, 0.05) is 11.8 Å². The van der Waals surface area contributed by atoms with Gasteiger partial charge in [0.1, 0.15) is 0 Å². The predicted octanol–water partition coefficient (Wildman–Crippen LogP) is 5.78. The van der Waals surface area contributed by atoms with Gasteiger partial charge in [-0.25, -0.2) is 0 Å². The first-order valence-corrected chi connectivity index (χ1v) is 12.8. The molecule has 0 bridgehead atoms. The van der Waals surface area contributed by atoms with Crippen molar-refractivity contribution < 1.29 is 14.9 Å². The Morgan fingerprint density at radius 2 is 1.83 bits per heavy atom. The maximum absolute atomic E-state index is 11.0. The number of ether oxygens (including phenoxy) is 1. The molecular weight excluding hydrogens is 372 g/mol. The van der Waals surface area contributed by atoms with Crippen LogP contribution in [-0.4, -0.2) is 33.6 Å². The Morgan fingerprint density at radius 3 is 2.57 bits per heavy atom. The van der Waals surface area contributed by atoms with Crippen LogP contribution in [0.1, 0.15) is 104 Å². The molecule has 0 unspecified atom stereocenters. The summed E-state index contributed by atoms with van der Waals surface area (Å²) in [4.78, 5) is 0. The van der Waals surface area contributed by atoms with E-state index in [1.54, 1.807) is 0 Å². The van der Waals surface area contributed by atoms with Crippen LogP contribution in [0.25, 0.3) is 0 Å². The van der Waals surface area contributed by atoms with Crippen LogP contribution in [0.4, 0.5) is 0 Å². The Labute approximate surface area is 183 Å². The van der Waals surface area contributed by atoms with Crippen molar-refractivity contribution in [1.29, 1.82) is 0 Å². The van der Waals surface area contributed by atoms with E-state index in [2.05, 4.69) is 27.4 Å². The molecule has 1 spiro atoms. The summed E-state index contributed by atoms with van der Waals surface area (Å²) < 4.78 is 6.50. The minimum atomic E-state index is -0.634. The van der Waals surface area contributed by atoms with Crippen LogP contribution in [-0.2, 0) is 4.74 Å². The van der Waals surface area contributed by atoms with Crippen molar-refractivity contribution >= 4 is 0 Å². The largest absolute Gasteiger partial charge is 0.393 e. The van der Waals surface area contributed by atoms with Gasteiger partial charge in [0.2, 0.25) is 0 Å². The summed E-state index contributed by atoms with van der Waals surface area (Å²) in [6.07, 6.45) is 14.0. The van der Waals surface area contributed by atoms with Crippen LogP contribution in [0.2, 0.25) is 0 Å². The number of epoxide rings is 1. The van der Waals surface area contributed by atoms with Crippen LogP contribution < -0.4 is 0 Å². The first kappa shape index (κ1) is 21.5. The average molecular weight is 417 g/mol. The fourth-order valence-electron chi connectivity index (χ4n) is 8.51. The van der Waals surface area contributed by atoms with E-state index in [1.807, 2.05) is 0 Å². The molecule has 0 aromatic carbocycles. The summed E-state index contributed by atoms with van der Waals surface area (Å²) in [6.45, 7) is 11.9. The van der Waals surface area contributed by atoms with Crippen LogP contribution in [0, 0.1) is 28.6 Å². The van der Waals surface area contributed by atoms with Gasteiger partial charge in [0.25, 0.3) is 0 Å². The van der Waals surface area contributed by atoms with Crippen molar-refractivity contribution in [2.75, 3.05) is 0 Å². The summed E-state index contributed by atoms with van der Waals surface area (Å²) >= 11 is 0. The van der Waals surface area contributed by atoms with E-state index in [1.165, 1.54) is 44.1 Å². The molecule has 0 aromatic rings. The molecule has 2 N–H and O–H groups in total. The molecular formula is C27H44O3. The van der Waals surface area contributed by atoms with E-state index in [0.29, 0.717) is 23.9 Å². The maximum atomic E-state index is 11.0. The van der Waals surface area contributed by atoms with Gasteiger partial charge >= 0.3 is 0 Å².